The second-order valence-corrected chi connectivity index (χ2v) is 10.0. The number of benzene rings is 4. The Morgan fingerprint density at radius 1 is 0.788 bits per heavy atom. The fourth-order valence-corrected chi connectivity index (χ4v) is 5.69. The van der Waals surface area contributed by atoms with Crippen LogP contribution in [-0.4, -0.2) is 5.04 Å². The standard InChI is InChI=1S/C29H24N2OS/c1-29(2)23-15-6-7-17-25(23)32-26-22(14-9-16-24(26)29)20-12-8-13-21(18-20)28-31-30-27(33-28)19-10-4-3-5-11-19/h3-18,27,30H,1-2H3. The zero-order valence-corrected chi connectivity index (χ0v) is 19.4. The third-order valence-electron chi connectivity index (χ3n) is 6.50. The second-order valence-electron chi connectivity index (χ2n) is 8.94. The van der Waals surface area contributed by atoms with Crippen LogP contribution in [0, 0.1) is 0 Å². The summed E-state index contributed by atoms with van der Waals surface area (Å²) < 4.78 is 6.49. The highest BCUT2D eigenvalue weighted by Crippen LogP contribution is 2.51. The van der Waals surface area contributed by atoms with Crippen molar-refractivity contribution in [3.63, 3.8) is 0 Å². The van der Waals surface area contributed by atoms with E-state index >= 15 is 0 Å². The summed E-state index contributed by atoms with van der Waals surface area (Å²) in [6.45, 7) is 4.54. The van der Waals surface area contributed by atoms with Crippen LogP contribution in [0.1, 0.15) is 41.5 Å². The molecule has 1 atom stereocenters. The molecular weight excluding hydrogens is 424 g/mol. The largest absolute Gasteiger partial charge is 0.456 e. The minimum atomic E-state index is -0.129. The normalized spacial score (nSPS) is 17.9. The van der Waals surface area contributed by atoms with Gasteiger partial charge in [0.25, 0.3) is 0 Å². The highest BCUT2D eigenvalue weighted by atomic mass is 32.2. The lowest BCUT2D eigenvalue weighted by molar-refractivity contribution is 0.419. The van der Waals surface area contributed by atoms with Crippen molar-refractivity contribution in [3.8, 4) is 22.6 Å². The van der Waals surface area contributed by atoms with Gasteiger partial charge in [-0.2, -0.15) is 5.10 Å². The molecule has 162 valence electrons. The van der Waals surface area contributed by atoms with Gasteiger partial charge in [-0.05, 0) is 23.3 Å². The van der Waals surface area contributed by atoms with Gasteiger partial charge in [0.1, 0.15) is 21.9 Å². The van der Waals surface area contributed by atoms with E-state index in [1.165, 1.54) is 16.7 Å². The Morgan fingerprint density at radius 3 is 2.39 bits per heavy atom. The van der Waals surface area contributed by atoms with Gasteiger partial charge in [-0.1, -0.05) is 111 Å². The summed E-state index contributed by atoms with van der Waals surface area (Å²) in [6.07, 6.45) is 0. The Kier molecular flexibility index (Phi) is 4.77. The molecule has 2 heterocycles. The van der Waals surface area contributed by atoms with E-state index in [-0.39, 0.29) is 10.8 Å². The highest BCUT2D eigenvalue weighted by molar-refractivity contribution is 8.14. The summed E-state index contributed by atoms with van der Waals surface area (Å²) in [5, 5.41) is 5.77. The van der Waals surface area contributed by atoms with E-state index in [9.17, 15) is 0 Å². The van der Waals surface area contributed by atoms with Crippen molar-refractivity contribution in [3.05, 3.63) is 119 Å². The fourth-order valence-electron chi connectivity index (χ4n) is 4.70. The maximum Gasteiger partial charge on any atom is 0.139 e. The van der Waals surface area contributed by atoms with Crippen molar-refractivity contribution in [1.29, 1.82) is 0 Å². The molecule has 0 saturated carbocycles. The first-order valence-corrected chi connectivity index (χ1v) is 12.1. The molecule has 0 bridgehead atoms. The lowest BCUT2D eigenvalue weighted by atomic mass is 9.75. The number of fused-ring (bicyclic) bond motifs is 2. The van der Waals surface area contributed by atoms with Crippen molar-refractivity contribution in [2.45, 2.75) is 24.6 Å². The third kappa shape index (κ3) is 3.42. The van der Waals surface area contributed by atoms with E-state index in [1.54, 1.807) is 11.8 Å². The minimum Gasteiger partial charge on any atom is -0.456 e. The predicted octanol–water partition coefficient (Wildman–Crippen LogP) is 7.48. The number of nitrogens with one attached hydrogen (secondary N) is 1. The van der Waals surface area contributed by atoms with Gasteiger partial charge >= 0.3 is 0 Å². The van der Waals surface area contributed by atoms with E-state index in [0.717, 1.165) is 33.2 Å². The topological polar surface area (TPSA) is 33.6 Å². The number of ether oxygens (including phenoxy) is 1. The molecule has 1 N–H and O–H groups in total. The first kappa shape index (κ1) is 20.1. The van der Waals surface area contributed by atoms with Crippen molar-refractivity contribution in [2.24, 2.45) is 5.10 Å². The van der Waals surface area contributed by atoms with Gasteiger partial charge in [-0.25, -0.2) is 0 Å². The van der Waals surface area contributed by atoms with E-state index in [0.29, 0.717) is 0 Å². The first-order chi connectivity index (χ1) is 16.1. The highest BCUT2D eigenvalue weighted by Gasteiger charge is 2.35. The lowest BCUT2D eigenvalue weighted by Crippen LogP contribution is -2.24. The number of thioether (sulfide) groups is 1. The summed E-state index contributed by atoms with van der Waals surface area (Å²) in [4.78, 5) is 0. The van der Waals surface area contributed by atoms with E-state index in [2.05, 4.69) is 109 Å². The third-order valence-corrected chi connectivity index (χ3v) is 7.66. The van der Waals surface area contributed by atoms with Crippen LogP contribution in [0.25, 0.3) is 11.1 Å². The lowest BCUT2D eigenvalue weighted by Gasteiger charge is -2.35. The van der Waals surface area contributed by atoms with Crippen LogP contribution in [0.5, 0.6) is 11.5 Å². The molecular formula is C29H24N2OS. The van der Waals surface area contributed by atoms with Crippen LogP contribution in [0.3, 0.4) is 0 Å². The van der Waals surface area contributed by atoms with Gasteiger partial charge in [0, 0.05) is 27.7 Å². The Labute approximate surface area is 198 Å². The summed E-state index contributed by atoms with van der Waals surface area (Å²) in [7, 11) is 0. The Bertz CT molecular complexity index is 1380. The van der Waals surface area contributed by atoms with Crippen molar-refractivity contribution in [2.75, 3.05) is 0 Å². The molecule has 6 rings (SSSR count). The molecule has 1 unspecified atom stereocenters. The van der Waals surface area contributed by atoms with E-state index in [4.69, 9.17) is 4.74 Å². The minimum absolute atomic E-state index is 0.129. The van der Waals surface area contributed by atoms with Gasteiger partial charge in [0.2, 0.25) is 0 Å². The summed E-state index contributed by atoms with van der Waals surface area (Å²) in [5.41, 5.74) is 10.1. The molecule has 2 aliphatic rings. The molecule has 33 heavy (non-hydrogen) atoms. The maximum absolute atomic E-state index is 6.49. The van der Waals surface area contributed by atoms with E-state index in [1.807, 2.05) is 12.1 Å². The number of rotatable bonds is 3. The molecule has 4 aromatic rings. The molecule has 0 amide bonds. The average molecular weight is 449 g/mol. The summed E-state index contributed by atoms with van der Waals surface area (Å²) in [5.74, 6) is 1.88. The number of nitrogens with zero attached hydrogens (tertiary/aromatic N) is 1. The molecule has 3 nitrogen and oxygen atoms in total. The molecule has 0 aliphatic carbocycles. The summed E-state index contributed by atoms with van der Waals surface area (Å²) >= 11 is 1.75. The van der Waals surface area contributed by atoms with Crippen LogP contribution < -0.4 is 10.2 Å². The zero-order chi connectivity index (χ0) is 22.4. The molecule has 4 aromatic carbocycles. The van der Waals surface area contributed by atoms with E-state index < -0.39 is 0 Å². The number of hydrogen-bond donors (Lipinski definition) is 1. The Hall–Kier alpha value is -3.50. The maximum atomic E-state index is 6.49. The molecule has 0 radical (unpaired) electrons. The van der Waals surface area contributed by atoms with Gasteiger partial charge in [-0.15, -0.1) is 0 Å². The van der Waals surface area contributed by atoms with Crippen molar-refractivity contribution in [1.82, 2.24) is 5.43 Å². The van der Waals surface area contributed by atoms with Gasteiger partial charge in [-0.3, -0.25) is 5.43 Å². The SMILES string of the molecule is CC1(C)c2ccccc2Oc2c(-c3cccc(C4=NNC(c5ccccc5)S4)c3)cccc21. The van der Waals surface area contributed by atoms with Crippen LogP contribution in [0.4, 0.5) is 0 Å². The quantitative estimate of drug-likeness (QED) is 0.353. The van der Waals surface area contributed by atoms with Gasteiger partial charge in [0.15, 0.2) is 0 Å². The molecule has 0 aromatic heterocycles. The average Bonchev–Trinajstić information content (AvgIpc) is 3.35. The van der Waals surface area contributed by atoms with Gasteiger partial charge in [0.05, 0.1) is 0 Å². The Balaban J connectivity index is 1.36. The van der Waals surface area contributed by atoms with Gasteiger partial charge < -0.3 is 4.74 Å². The first-order valence-electron chi connectivity index (χ1n) is 11.2. The number of hydrogen-bond acceptors (Lipinski definition) is 4. The smallest absolute Gasteiger partial charge is 0.139 e. The van der Waals surface area contributed by atoms with Crippen molar-refractivity contribution >= 4 is 16.8 Å². The van der Waals surface area contributed by atoms with Crippen molar-refractivity contribution < 1.29 is 4.74 Å². The second kappa shape index (κ2) is 7.82. The zero-order valence-electron chi connectivity index (χ0n) is 18.6. The molecule has 0 spiro atoms. The van der Waals surface area contributed by atoms with Crippen LogP contribution in [0.2, 0.25) is 0 Å². The fraction of sp³-hybridized carbons (Fsp3) is 0.138. The number of para-hydroxylation sites is 2. The molecule has 4 heteroatoms. The molecule has 2 aliphatic heterocycles. The number of hydrazone groups is 1. The summed E-state index contributed by atoms with van der Waals surface area (Å²) in [6, 6.07) is 33.8. The Morgan fingerprint density at radius 2 is 1.52 bits per heavy atom. The monoisotopic (exact) mass is 448 g/mol. The van der Waals surface area contributed by atoms with Crippen LogP contribution >= 0.6 is 11.8 Å². The van der Waals surface area contributed by atoms with Crippen LogP contribution in [-0.2, 0) is 5.41 Å². The molecule has 0 saturated heterocycles. The predicted molar refractivity (Wildman–Crippen MR) is 137 cm³/mol. The van der Waals surface area contributed by atoms with Crippen LogP contribution in [0.15, 0.2) is 102 Å². The molecule has 0 fully saturated rings.